The summed E-state index contributed by atoms with van der Waals surface area (Å²) >= 11 is 1.55. The Balaban J connectivity index is 2.40. The summed E-state index contributed by atoms with van der Waals surface area (Å²) in [5.74, 6) is 5.83. The second-order valence-corrected chi connectivity index (χ2v) is 5.19. The molecule has 1 aromatic heterocycles. The lowest BCUT2D eigenvalue weighted by molar-refractivity contribution is 0.238. The van der Waals surface area contributed by atoms with Crippen LogP contribution in [-0.2, 0) is 6.54 Å². The lowest BCUT2D eigenvalue weighted by Crippen LogP contribution is -2.38. The number of hydrogen-bond donors (Lipinski definition) is 3. The van der Waals surface area contributed by atoms with Crippen LogP contribution in [-0.4, -0.2) is 23.8 Å². The first-order valence-electron chi connectivity index (χ1n) is 5.84. The van der Waals surface area contributed by atoms with Gasteiger partial charge in [-0.25, -0.2) is 4.79 Å². The largest absolute Gasteiger partial charge is 0.395 e. The molecular weight excluding hydrogens is 248 g/mol. The number of aliphatic hydroxyl groups excluding tert-OH is 1. The van der Waals surface area contributed by atoms with Crippen molar-refractivity contribution < 1.29 is 9.90 Å². The monoisotopic (exact) mass is 266 g/mol. The van der Waals surface area contributed by atoms with Crippen molar-refractivity contribution >= 4 is 17.4 Å². The summed E-state index contributed by atoms with van der Waals surface area (Å²) < 4.78 is 0. The number of nitrogens with one attached hydrogen (secondary N) is 2. The highest BCUT2D eigenvalue weighted by molar-refractivity contribution is 7.12. The fourth-order valence-corrected chi connectivity index (χ4v) is 2.05. The maximum absolute atomic E-state index is 11.4. The summed E-state index contributed by atoms with van der Waals surface area (Å²) in [5, 5.41) is 14.2. The average molecular weight is 266 g/mol. The Morgan fingerprint density at radius 1 is 1.50 bits per heavy atom. The molecule has 1 rings (SSSR count). The number of thiophene rings is 1. The van der Waals surface area contributed by atoms with Crippen LogP contribution in [0.4, 0.5) is 4.79 Å². The Labute approximate surface area is 111 Å². The van der Waals surface area contributed by atoms with Crippen LogP contribution in [0.1, 0.15) is 30.0 Å². The molecular formula is C13H18N2O2S. The summed E-state index contributed by atoms with van der Waals surface area (Å²) in [6.07, 6.45) is 0.488. The zero-order valence-corrected chi connectivity index (χ0v) is 11.4. The van der Waals surface area contributed by atoms with Gasteiger partial charge in [0, 0.05) is 17.3 Å². The van der Waals surface area contributed by atoms with Gasteiger partial charge in [0.2, 0.25) is 0 Å². The Morgan fingerprint density at radius 2 is 2.28 bits per heavy atom. The predicted molar refractivity (Wildman–Crippen MR) is 73.4 cm³/mol. The normalized spacial score (nSPS) is 9.78. The van der Waals surface area contributed by atoms with Gasteiger partial charge in [-0.1, -0.05) is 11.8 Å². The van der Waals surface area contributed by atoms with Crippen molar-refractivity contribution in [2.45, 2.75) is 32.9 Å². The SMILES string of the molecule is CC(C)NC(=O)NCc1ccc(C#CCCO)s1. The van der Waals surface area contributed by atoms with Crippen molar-refractivity contribution in [3.63, 3.8) is 0 Å². The molecule has 0 saturated heterocycles. The number of amides is 2. The van der Waals surface area contributed by atoms with Crippen LogP contribution >= 0.6 is 11.3 Å². The van der Waals surface area contributed by atoms with E-state index in [1.807, 2.05) is 26.0 Å². The molecule has 0 fully saturated rings. The van der Waals surface area contributed by atoms with Crippen LogP contribution in [0.3, 0.4) is 0 Å². The summed E-state index contributed by atoms with van der Waals surface area (Å²) in [6.45, 7) is 4.42. The fraction of sp³-hybridized carbons (Fsp3) is 0.462. The minimum absolute atomic E-state index is 0.0855. The average Bonchev–Trinajstić information content (AvgIpc) is 2.74. The molecule has 0 bridgehead atoms. The number of rotatable bonds is 4. The standard InChI is InChI=1S/C13H18N2O2S/c1-10(2)15-13(17)14-9-12-7-6-11(18-12)5-3-4-8-16/h6-7,10,16H,4,8-9H2,1-2H3,(H2,14,15,17). The molecule has 0 atom stereocenters. The molecule has 3 N–H and O–H groups in total. The van der Waals surface area contributed by atoms with E-state index >= 15 is 0 Å². The van der Waals surface area contributed by atoms with Crippen LogP contribution in [0.5, 0.6) is 0 Å². The predicted octanol–water partition coefficient (Wildman–Crippen LogP) is 1.69. The highest BCUT2D eigenvalue weighted by Crippen LogP contribution is 2.14. The summed E-state index contributed by atoms with van der Waals surface area (Å²) in [7, 11) is 0. The van der Waals surface area contributed by atoms with E-state index in [4.69, 9.17) is 5.11 Å². The van der Waals surface area contributed by atoms with Crippen LogP contribution in [0.15, 0.2) is 12.1 Å². The topological polar surface area (TPSA) is 61.4 Å². The second kappa shape index (κ2) is 7.75. The first-order valence-corrected chi connectivity index (χ1v) is 6.66. The molecule has 1 heterocycles. The molecule has 18 heavy (non-hydrogen) atoms. The van der Waals surface area contributed by atoms with Crippen LogP contribution in [0.2, 0.25) is 0 Å². The summed E-state index contributed by atoms with van der Waals surface area (Å²) in [5.41, 5.74) is 0. The van der Waals surface area contributed by atoms with Gasteiger partial charge < -0.3 is 15.7 Å². The van der Waals surface area contributed by atoms with Crippen molar-refractivity contribution in [3.05, 3.63) is 21.9 Å². The van der Waals surface area contributed by atoms with Crippen LogP contribution in [0, 0.1) is 11.8 Å². The third-order valence-electron chi connectivity index (χ3n) is 1.95. The van der Waals surface area contributed by atoms with Crippen molar-refractivity contribution in [2.75, 3.05) is 6.61 Å². The van der Waals surface area contributed by atoms with E-state index in [0.717, 1.165) is 9.75 Å². The molecule has 0 aromatic carbocycles. The van der Waals surface area contributed by atoms with E-state index in [9.17, 15) is 4.79 Å². The number of urea groups is 1. The van der Waals surface area contributed by atoms with E-state index in [0.29, 0.717) is 13.0 Å². The quantitative estimate of drug-likeness (QED) is 0.726. The van der Waals surface area contributed by atoms with Gasteiger partial charge in [0.1, 0.15) is 0 Å². The van der Waals surface area contributed by atoms with Crippen molar-refractivity contribution in [2.24, 2.45) is 0 Å². The Kier molecular flexibility index (Phi) is 6.26. The molecule has 0 unspecified atom stereocenters. The third-order valence-corrected chi connectivity index (χ3v) is 2.95. The molecule has 2 amide bonds. The minimum Gasteiger partial charge on any atom is -0.395 e. The third kappa shape index (κ3) is 5.71. The molecule has 0 aliphatic carbocycles. The van der Waals surface area contributed by atoms with Gasteiger partial charge in [0.05, 0.1) is 18.0 Å². The number of carbonyl (C=O) groups is 1. The van der Waals surface area contributed by atoms with E-state index in [1.165, 1.54) is 0 Å². The van der Waals surface area contributed by atoms with E-state index < -0.39 is 0 Å². The van der Waals surface area contributed by atoms with Crippen molar-refractivity contribution in [3.8, 4) is 11.8 Å². The van der Waals surface area contributed by atoms with Gasteiger partial charge in [-0.15, -0.1) is 11.3 Å². The summed E-state index contributed by atoms with van der Waals surface area (Å²) in [6, 6.07) is 3.84. The molecule has 98 valence electrons. The molecule has 0 aliphatic heterocycles. The first kappa shape index (κ1) is 14.6. The van der Waals surface area contributed by atoms with Crippen molar-refractivity contribution in [1.82, 2.24) is 10.6 Å². The zero-order valence-electron chi connectivity index (χ0n) is 10.6. The number of hydrogen-bond acceptors (Lipinski definition) is 3. The molecule has 0 spiro atoms. The van der Waals surface area contributed by atoms with E-state index in [-0.39, 0.29) is 18.7 Å². The zero-order chi connectivity index (χ0) is 13.4. The fourth-order valence-electron chi connectivity index (χ4n) is 1.23. The molecule has 0 aliphatic rings. The van der Waals surface area contributed by atoms with Crippen molar-refractivity contribution in [1.29, 1.82) is 0 Å². The highest BCUT2D eigenvalue weighted by atomic mass is 32.1. The summed E-state index contributed by atoms with van der Waals surface area (Å²) in [4.78, 5) is 13.4. The molecule has 0 radical (unpaired) electrons. The Bertz CT molecular complexity index is 443. The molecule has 4 nitrogen and oxygen atoms in total. The minimum atomic E-state index is -0.161. The maximum Gasteiger partial charge on any atom is 0.315 e. The number of aliphatic hydroxyl groups is 1. The van der Waals surface area contributed by atoms with Gasteiger partial charge in [-0.05, 0) is 26.0 Å². The Hall–Kier alpha value is -1.51. The smallest absolute Gasteiger partial charge is 0.315 e. The van der Waals surface area contributed by atoms with Gasteiger partial charge in [0.15, 0.2) is 0 Å². The highest BCUT2D eigenvalue weighted by Gasteiger charge is 2.03. The second-order valence-electron chi connectivity index (χ2n) is 4.02. The van der Waals surface area contributed by atoms with E-state index in [2.05, 4.69) is 22.5 Å². The lowest BCUT2D eigenvalue weighted by Gasteiger charge is -2.08. The van der Waals surface area contributed by atoms with Crippen LogP contribution in [0.25, 0.3) is 0 Å². The lowest BCUT2D eigenvalue weighted by atomic mass is 10.4. The number of carbonyl (C=O) groups excluding carboxylic acids is 1. The molecule has 0 saturated carbocycles. The van der Waals surface area contributed by atoms with Gasteiger partial charge in [0.25, 0.3) is 0 Å². The van der Waals surface area contributed by atoms with Gasteiger partial charge in [-0.2, -0.15) is 0 Å². The Morgan fingerprint density at radius 3 is 2.94 bits per heavy atom. The first-order chi connectivity index (χ1) is 8.61. The van der Waals surface area contributed by atoms with Crippen LogP contribution < -0.4 is 10.6 Å². The van der Waals surface area contributed by atoms with E-state index in [1.54, 1.807) is 11.3 Å². The molecule has 1 aromatic rings. The van der Waals surface area contributed by atoms with Gasteiger partial charge >= 0.3 is 6.03 Å². The maximum atomic E-state index is 11.4. The molecule has 5 heteroatoms. The van der Waals surface area contributed by atoms with Gasteiger partial charge in [-0.3, -0.25) is 0 Å².